The Morgan fingerprint density at radius 1 is 1.33 bits per heavy atom. The number of nitrogens with one attached hydrogen (secondary N) is 1. The van der Waals surface area contributed by atoms with Gasteiger partial charge in [-0.1, -0.05) is 30.3 Å². The van der Waals surface area contributed by atoms with Crippen molar-refractivity contribution in [3.63, 3.8) is 0 Å². The summed E-state index contributed by atoms with van der Waals surface area (Å²) >= 11 is 0. The van der Waals surface area contributed by atoms with Crippen molar-refractivity contribution in [2.45, 2.75) is 18.9 Å². The molecular weight excluding hydrogens is 234 g/mol. The number of rotatable bonds is 7. The van der Waals surface area contributed by atoms with Crippen LogP contribution in [0.3, 0.4) is 0 Å². The maximum atomic E-state index is 11.3. The van der Waals surface area contributed by atoms with Crippen LogP contribution >= 0.6 is 0 Å². The maximum Gasteiger partial charge on any atom is 0.326 e. The van der Waals surface area contributed by atoms with Crippen LogP contribution in [0.2, 0.25) is 0 Å². The minimum Gasteiger partial charge on any atom is -0.480 e. The van der Waals surface area contributed by atoms with Gasteiger partial charge in [-0.25, -0.2) is 4.79 Å². The van der Waals surface area contributed by atoms with Gasteiger partial charge in [0.05, 0.1) is 0 Å². The molecule has 5 nitrogen and oxygen atoms in total. The third-order valence-corrected chi connectivity index (χ3v) is 2.47. The van der Waals surface area contributed by atoms with Crippen molar-refractivity contribution in [1.29, 1.82) is 0 Å². The molecule has 1 amide bonds. The van der Waals surface area contributed by atoms with Crippen LogP contribution in [0, 0.1) is 0 Å². The van der Waals surface area contributed by atoms with Gasteiger partial charge in [0.25, 0.3) is 0 Å². The predicted octanol–water partition coefficient (Wildman–Crippen LogP) is 0.835. The summed E-state index contributed by atoms with van der Waals surface area (Å²) in [6, 6.07) is 8.67. The summed E-state index contributed by atoms with van der Waals surface area (Å²) in [7, 11) is 1.39. The van der Waals surface area contributed by atoms with Gasteiger partial charge in [0.15, 0.2) is 0 Å². The van der Waals surface area contributed by atoms with E-state index < -0.39 is 17.9 Å². The monoisotopic (exact) mass is 251 g/mol. The van der Waals surface area contributed by atoms with Crippen molar-refractivity contribution in [2.24, 2.45) is 0 Å². The van der Waals surface area contributed by atoms with Gasteiger partial charge in [-0.15, -0.1) is 0 Å². The molecule has 98 valence electrons. The predicted molar refractivity (Wildman–Crippen MR) is 66.2 cm³/mol. The maximum absolute atomic E-state index is 11.3. The fourth-order valence-electron chi connectivity index (χ4n) is 1.58. The number of benzene rings is 1. The number of hydrogen-bond donors (Lipinski definition) is 2. The lowest BCUT2D eigenvalue weighted by atomic mass is 10.1. The standard InChI is InChI=1S/C13H17NO4/c1-18-9-12(15)14-11(13(16)17)8-7-10-5-3-2-4-6-10/h2-6,11H,7-9H2,1H3,(H,14,15)(H,16,17)/t11-/m0/s1. The second-order valence-electron chi connectivity index (χ2n) is 3.92. The lowest BCUT2D eigenvalue weighted by molar-refractivity contribution is -0.142. The zero-order chi connectivity index (χ0) is 13.4. The van der Waals surface area contributed by atoms with E-state index in [4.69, 9.17) is 5.11 Å². The van der Waals surface area contributed by atoms with E-state index in [-0.39, 0.29) is 6.61 Å². The van der Waals surface area contributed by atoms with Gasteiger partial charge < -0.3 is 15.2 Å². The highest BCUT2D eigenvalue weighted by molar-refractivity contribution is 5.84. The second-order valence-corrected chi connectivity index (χ2v) is 3.92. The molecule has 0 spiro atoms. The number of carbonyl (C=O) groups is 2. The number of carboxylic acids is 1. The van der Waals surface area contributed by atoms with Crippen LogP contribution in [-0.2, 0) is 20.7 Å². The zero-order valence-corrected chi connectivity index (χ0v) is 10.3. The van der Waals surface area contributed by atoms with E-state index in [1.54, 1.807) is 0 Å². The Balaban J connectivity index is 2.48. The molecule has 18 heavy (non-hydrogen) atoms. The van der Waals surface area contributed by atoms with Crippen molar-refractivity contribution >= 4 is 11.9 Å². The van der Waals surface area contributed by atoms with Crippen LogP contribution in [0.5, 0.6) is 0 Å². The Kier molecular flexibility index (Phi) is 5.87. The third-order valence-electron chi connectivity index (χ3n) is 2.47. The van der Waals surface area contributed by atoms with E-state index in [0.717, 1.165) is 5.56 Å². The first kappa shape index (κ1) is 14.2. The smallest absolute Gasteiger partial charge is 0.326 e. The lowest BCUT2D eigenvalue weighted by Gasteiger charge is -2.14. The number of carboxylic acid groups (broad SMARTS) is 1. The van der Waals surface area contributed by atoms with Gasteiger partial charge >= 0.3 is 5.97 Å². The number of ether oxygens (including phenoxy) is 1. The van der Waals surface area contributed by atoms with Gasteiger partial charge in [0.2, 0.25) is 5.91 Å². The Labute approximate surface area is 106 Å². The summed E-state index contributed by atoms with van der Waals surface area (Å²) in [4.78, 5) is 22.3. The molecule has 0 saturated carbocycles. The average Bonchev–Trinajstić information content (AvgIpc) is 2.35. The quantitative estimate of drug-likeness (QED) is 0.752. The SMILES string of the molecule is COCC(=O)N[C@@H](CCc1ccccc1)C(=O)O. The molecule has 0 bridgehead atoms. The lowest BCUT2D eigenvalue weighted by Crippen LogP contribution is -2.42. The summed E-state index contributed by atoms with van der Waals surface area (Å²) in [6.45, 7) is -0.130. The van der Waals surface area contributed by atoms with E-state index in [9.17, 15) is 9.59 Å². The first-order valence-electron chi connectivity index (χ1n) is 5.68. The van der Waals surface area contributed by atoms with Crippen LogP contribution in [0.4, 0.5) is 0 Å². The molecule has 1 aromatic carbocycles. The molecule has 0 fully saturated rings. The third kappa shape index (κ3) is 4.97. The minimum absolute atomic E-state index is 0.130. The zero-order valence-electron chi connectivity index (χ0n) is 10.3. The fraction of sp³-hybridized carbons (Fsp3) is 0.385. The van der Waals surface area contributed by atoms with Crippen molar-refractivity contribution in [3.8, 4) is 0 Å². The summed E-state index contributed by atoms with van der Waals surface area (Å²) in [5.74, 6) is -1.45. The molecular formula is C13H17NO4. The topological polar surface area (TPSA) is 75.6 Å². The van der Waals surface area contributed by atoms with Gasteiger partial charge in [-0.3, -0.25) is 4.79 Å². The van der Waals surface area contributed by atoms with Gasteiger partial charge in [-0.2, -0.15) is 0 Å². The van der Waals surface area contributed by atoms with E-state index >= 15 is 0 Å². The van der Waals surface area contributed by atoms with Crippen LogP contribution in [-0.4, -0.2) is 36.7 Å². The normalized spacial score (nSPS) is 11.8. The highest BCUT2D eigenvalue weighted by Crippen LogP contribution is 2.05. The summed E-state index contributed by atoms with van der Waals surface area (Å²) < 4.78 is 4.64. The number of methoxy groups -OCH3 is 1. The molecule has 0 aliphatic rings. The first-order chi connectivity index (χ1) is 8.63. The van der Waals surface area contributed by atoms with Crippen LogP contribution < -0.4 is 5.32 Å². The largest absolute Gasteiger partial charge is 0.480 e. The molecule has 0 radical (unpaired) electrons. The van der Waals surface area contributed by atoms with E-state index in [1.165, 1.54) is 7.11 Å². The van der Waals surface area contributed by atoms with Crippen molar-refractivity contribution < 1.29 is 19.4 Å². The van der Waals surface area contributed by atoms with Crippen LogP contribution in [0.15, 0.2) is 30.3 Å². The highest BCUT2D eigenvalue weighted by Gasteiger charge is 2.19. The molecule has 1 atom stereocenters. The van der Waals surface area contributed by atoms with Crippen LogP contribution in [0.1, 0.15) is 12.0 Å². The fourth-order valence-corrected chi connectivity index (χ4v) is 1.58. The van der Waals surface area contributed by atoms with Crippen LogP contribution in [0.25, 0.3) is 0 Å². The number of aryl methyl sites for hydroxylation is 1. The van der Waals surface area contributed by atoms with E-state index in [0.29, 0.717) is 12.8 Å². The highest BCUT2D eigenvalue weighted by atomic mass is 16.5. The summed E-state index contributed by atoms with van der Waals surface area (Å²) in [6.07, 6.45) is 0.958. The molecule has 0 aliphatic carbocycles. The number of aliphatic carboxylic acids is 1. The number of carbonyl (C=O) groups excluding carboxylic acids is 1. The molecule has 2 N–H and O–H groups in total. The summed E-state index contributed by atoms with van der Waals surface area (Å²) in [5, 5.41) is 11.4. The minimum atomic E-state index is -1.03. The Hall–Kier alpha value is -1.88. The van der Waals surface area contributed by atoms with Gasteiger partial charge in [0.1, 0.15) is 12.6 Å². The van der Waals surface area contributed by atoms with Crippen molar-refractivity contribution in [1.82, 2.24) is 5.32 Å². The Morgan fingerprint density at radius 3 is 2.56 bits per heavy atom. The van der Waals surface area contributed by atoms with Crippen molar-refractivity contribution in [2.75, 3.05) is 13.7 Å². The van der Waals surface area contributed by atoms with E-state index in [1.807, 2.05) is 30.3 Å². The summed E-state index contributed by atoms with van der Waals surface area (Å²) in [5.41, 5.74) is 1.05. The van der Waals surface area contributed by atoms with Crippen molar-refractivity contribution in [3.05, 3.63) is 35.9 Å². The molecule has 5 heteroatoms. The molecule has 0 unspecified atom stereocenters. The molecule has 0 aromatic heterocycles. The Bertz CT molecular complexity index is 391. The van der Waals surface area contributed by atoms with Gasteiger partial charge in [-0.05, 0) is 18.4 Å². The van der Waals surface area contributed by atoms with Gasteiger partial charge in [0, 0.05) is 7.11 Å². The number of amides is 1. The molecule has 1 aromatic rings. The molecule has 0 aliphatic heterocycles. The molecule has 0 heterocycles. The number of hydrogen-bond acceptors (Lipinski definition) is 3. The van der Waals surface area contributed by atoms with E-state index in [2.05, 4.69) is 10.1 Å². The average molecular weight is 251 g/mol. The Morgan fingerprint density at radius 2 is 2.00 bits per heavy atom. The molecule has 0 saturated heterocycles. The second kappa shape index (κ2) is 7.45. The molecule has 1 rings (SSSR count). The first-order valence-corrected chi connectivity index (χ1v) is 5.68.